The van der Waals surface area contributed by atoms with Crippen LogP contribution in [-0.4, -0.2) is 48.0 Å². The SMILES string of the molecule is CN(C)CCNC(=O)c1c2ccccc2nc2c1[nH]c1ccccc12. The number of para-hydroxylation sites is 2. The first-order valence-electron chi connectivity index (χ1n) is 8.37. The Balaban J connectivity index is 1.93. The lowest BCUT2D eigenvalue weighted by atomic mass is 10.1. The number of carbonyl (C=O) groups is 1. The molecule has 0 aliphatic heterocycles. The summed E-state index contributed by atoms with van der Waals surface area (Å²) in [5, 5.41) is 4.93. The van der Waals surface area contributed by atoms with E-state index in [1.807, 2.05) is 67.5 Å². The van der Waals surface area contributed by atoms with Gasteiger partial charge in [0.25, 0.3) is 5.91 Å². The second kappa shape index (κ2) is 6.18. The molecule has 5 nitrogen and oxygen atoms in total. The van der Waals surface area contributed by atoms with Crippen molar-refractivity contribution in [2.24, 2.45) is 0 Å². The summed E-state index contributed by atoms with van der Waals surface area (Å²) in [6.45, 7) is 1.40. The standard InChI is InChI=1S/C20H20N4O/c1-24(2)12-11-21-20(25)17-13-7-3-5-9-15(13)22-18-14-8-4-6-10-16(14)23-19(17)18/h3-10,23H,11-12H2,1-2H3,(H,21,25). The van der Waals surface area contributed by atoms with Gasteiger partial charge in [-0.1, -0.05) is 36.4 Å². The minimum atomic E-state index is -0.0722. The number of H-pyrrole nitrogens is 1. The van der Waals surface area contributed by atoms with Crippen molar-refractivity contribution in [3.8, 4) is 0 Å². The fourth-order valence-corrected chi connectivity index (χ4v) is 3.18. The molecule has 2 aromatic carbocycles. The molecule has 0 bridgehead atoms. The van der Waals surface area contributed by atoms with Crippen molar-refractivity contribution in [2.75, 3.05) is 27.2 Å². The van der Waals surface area contributed by atoms with Gasteiger partial charge < -0.3 is 15.2 Å². The summed E-state index contributed by atoms with van der Waals surface area (Å²) < 4.78 is 0. The van der Waals surface area contributed by atoms with Crippen LogP contribution >= 0.6 is 0 Å². The van der Waals surface area contributed by atoms with E-state index in [-0.39, 0.29) is 5.91 Å². The normalized spacial score (nSPS) is 11.6. The molecule has 4 aromatic rings. The van der Waals surface area contributed by atoms with Gasteiger partial charge in [-0.15, -0.1) is 0 Å². The Morgan fingerprint density at radius 3 is 2.60 bits per heavy atom. The Morgan fingerprint density at radius 1 is 1.08 bits per heavy atom. The summed E-state index contributed by atoms with van der Waals surface area (Å²) in [4.78, 5) is 23.2. The molecule has 0 fully saturated rings. The Labute approximate surface area is 145 Å². The van der Waals surface area contributed by atoms with Crippen LogP contribution in [0.4, 0.5) is 0 Å². The number of pyridine rings is 1. The number of hydrogen-bond acceptors (Lipinski definition) is 3. The van der Waals surface area contributed by atoms with Gasteiger partial charge in [0.2, 0.25) is 0 Å². The van der Waals surface area contributed by atoms with Crippen molar-refractivity contribution in [2.45, 2.75) is 0 Å². The summed E-state index contributed by atoms with van der Waals surface area (Å²) in [5.74, 6) is -0.0722. The third-order valence-corrected chi connectivity index (χ3v) is 4.41. The first-order chi connectivity index (χ1) is 12.1. The van der Waals surface area contributed by atoms with Crippen molar-refractivity contribution in [1.82, 2.24) is 20.2 Å². The van der Waals surface area contributed by atoms with Gasteiger partial charge in [-0.05, 0) is 26.2 Å². The maximum atomic E-state index is 13.0. The van der Waals surface area contributed by atoms with Gasteiger partial charge in [-0.25, -0.2) is 4.98 Å². The van der Waals surface area contributed by atoms with E-state index in [9.17, 15) is 4.79 Å². The summed E-state index contributed by atoms with van der Waals surface area (Å²) in [6, 6.07) is 15.8. The highest BCUT2D eigenvalue weighted by atomic mass is 16.1. The smallest absolute Gasteiger partial charge is 0.254 e. The van der Waals surface area contributed by atoms with Crippen molar-refractivity contribution < 1.29 is 4.79 Å². The number of likely N-dealkylation sites (N-methyl/N-ethyl adjacent to an activating group) is 1. The number of hydrogen-bond donors (Lipinski definition) is 2. The van der Waals surface area contributed by atoms with Crippen LogP contribution in [0.5, 0.6) is 0 Å². The zero-order valence-corrected chi connectivity index (χ0v) is 14.3. The van der Waals surface area contributed by atoms with Crippen molar-refractivity contribution >= 4 is 38.7 Å². The number of amides is 1. The van der Waals surface area contributed by atoms with E-state index in [4.69, 9.17) is 4.98 Å². The molecule has 25 heavy (non-hydrogen) atoms. The van der Waals surface area contributed by atoms with E-state index in [1.54, 1.807) is 0 Å². The summed E-state index contributed by atoms with van der Waals surface area (Å²) in [7, 11) is 3.98. The first-order valence-corrected chi connectivity index (χ1v) is 8.37. The molecule has 0 spiro atoms. The number of nitrogens with one attached hydrogen (secondary N) is 2. The number of carbonyl (C=O) groups excluding carboxylic acids is 1. The minimum absolute atomic E-state index is 0.0722. The molecule has 2 aromatic heterocycles. The van der Waals surface area contributed by atoms with Crippen LogP contribution in [0.2, 0.25) is 0 Å². The predicted octanol–water partition coefficient (Wildman–Crippen LogP) is 3.16. The van der Waals surface area contributed by atoms with E-state index in [1.165, 1.54) is 0 Å². The van der Waals surface area contributed by atoms with Crippen LogP contribution in [0.3, 0.4) is 0 Å². The highest BCUT2D eigenvalue weighted by Crippen LogP contribution is 2.30. The van der Waals surface area contributed by atoms with E-state index in [0.29, 0.717) is 12.1 Å². The molecule has 0 atom stereocenters. The van der Waals surface area contributed by atoms with E-state index in [2.05, 4.69) is 10.3 Å². The number of aromatic nitrogens is 2. The van der Waals surface area contributed by atoms with Crippen LogP contribution in [0.25, 0.3) is 32.8 Å². The first kappa shape index (κ1) is 15.6. The fourth-order valence-electron chi connectivity index (χ4n) is 3.18. The Kier molecular flexibility index (Phi) is 3.86. The Morgan fingerprint density at radius 2 is 1.80 bits per heavy atom. The molecule has 0 aliphatic carbocycles. The number of aromatic amines is 1. The molecule has 0 aliphatic rings. The molecule has 2 N–H and O–H groups in total. The van der Waals surface area contributed by atoms with Crippen LogP contribution < -0.4 is 5.32 Å². The van der Waals surface area contributed by atoms with Gasteiger partial charge in [0.05, 0.1) is 22.1 Å². The average molecular weight is 332 g/mol. The van der Waals surface area contributed by atoms with E-state index >= 15 is 0 Å². The van der Waals surface area contributed by atoms with Crippen LogP contribution in [0, 0.1) is 0 Å². The third kappa shape index (κ3) is 2.72. The largest absolute Gasteiger partial charge is 0.353 e. The fraction of sp³-hybridized carbons (Fsp3) is 0.200. The molecular weight excluding hydrogens is 312 g/mol. The van der Waals surface area contributed by atoms with Crippen molar-refractivity contribution in [3.63, 3.8) is 0 Å². The average Bonchev–Trinajstić information content (AvgIpc) is 2.97. The maximum Gasteiger partial charge on any atom is 0.254 e. The van der Waals surface area contributed by atoms with Gasteiger partial charge in [0.15, 0.2) is 0 Å². The summed E-state index contributed by atoms with van der Waals surface area (Å²) in [5.41, 5.74) is 4.12. The predicted molar refractivity (Wildman–Crippen MR) is 102 cm³/mol. The van der Waals surface area contributed by atoms with Crippen LogP contribution in [0.1, 0.15) is 10.4 Å². The lowest BCUT2D eigenvalue weighted by Gasteiger charge is -2.12. The topological polar surface area (TPSA) is 61.0 Å². The number of fused-ring (bicyclic) bond motifs is 4. The van der Waals surface area contributed by atoms with Gasteiger partial charge in [0, 0.05) is 29.4 Å². The Bertz CT molecular complexity index is 1080. The maximum absolute atomic E-state index is 13.0. The molecule has 0 unspecified atom stereocenters. The highest BCUT2D eigenvalue weighted by molar-refractivity contribution is 6.20. The van der Waals surface area contributed by atoms with Crippen LogP contribution in [-0.2, 0) is 0 Å². The minimum Gasteiger partial charge on any atom is -0.353 e. The zero-order valence-electron chi connectivity index (χ0n) is 14.3. The molecule has 0 saturated heterocycles. The zero-order chi connectivity index (χ0) is 17.4. The second-order valence-electron chi connectivity index (χ2n) is 6.46. The Hall–Kier alpha value is -2.92. The van der Waals surface area contributed by atoms with Crippen LogP contribution in [0.15, 0.2) is 48.5 Å². The molecule has 0 radical (unpaired) electrons. The molecule has 2 heterocycles. The summed E-state index contributed by atoms with van der Waals surface area (Å²) in [6.07, 6.45) is 0. The number of benzene rings is 2. The summed E-state index contributed by atoms with van der Waals surface area (Å²) >= 11 is 0. The second-order valence-corrected chi connectivity index (χ2v) is 6.46. The molecule has 126 valence electrons. The van der Waals surface area contributed by atoms with Gasteiger partial charge >= 0.3 is 0 Å². The lowest BCUT2D eigenvalue weighted by Crippen LogP contribution is -2.31. The van der Waals surface area contributed by atoms with E-state index < -0.39 is 0 Å². The highest BCUT2D eigenvalue weighted by Gasteiger charge is 2.18. The molecule has 0 saturated carbocycles. The monoisotopic (exact) mass is 332 g/mol. The molecule has 1 amide bonds. The third-order valence-electron chi connectivity index (χ3n) is 4.41. The van der Waals surface area contributed by atoms with Crippen molar-refractivity contribution in [1.29, 1.82) is 0 Å². The van der Waals surface area contributed by atoms with Gasteiger partial charge in [-0.3, -0.25) is 4.79 Å². The number of rotatable bonds is 4. The number of nitrogens with zero attached hydrogens (tertiary/aromatic N) is 2. The molecule has 5 heteroatoms. The van der Waals surface area contributed by atoms with Crippen molar-refractivity contribution in [3.05, 3.63) is 54.1 Å². The van der Waals surface area contributed by atoms with Gasteiger partial charge in [-0.2, -0.15) is 0 Å². The van der Waals surface area contributed by atoms with E-state index in [0.717, 1.165) is 39.4 Å². The molecule has 4 rings (SSSR count). The van der Waals surface area contributed by atoms with Gasteiger partial charge in [0.1, 0.15) is 0 Å². The quantitative estimate of drug-likeness (QED) is 0.603. The molecular formula is C20H20N4O. The lowest BCUT2D eigenvalue weighted by molar-refractivity contribution is 0.0954.